The molecule has 0 aromatic rings. The highest BCUT2D eigenvalue weighted by Crippen LogP contribution is 1.91. The van der Waals surface area contributed by atoms with Gasteiger partial charge in [0.1, 0.15) is 6.61 Å². The molecule has 0 spiro atoms. The Morgan fingerprint density at radius 1 is 1.33 bits per heavy atom. The van der Waals surface area contributed by atoms with E-state index in [0.717, 1.165) is 0 Å². The summed E-state index contributed by atoms with van der Waals surface area (Å²) in [7, 11) is 0. The lowest BCUT2D eigenvalue weighted by Gasteiger charge is -2.12. The van der Waals surface area contributed by atoms with Gasteiger partial charge >= 0.3 is 12.2 Å². The Morgan fingerprint density at radius 2 is 1.92 bits per heavy atom. The number of primary amides is 2. The molecule has 0 aliphatic carbocycles. The number of carbonyl (C=O) groups excluding carboxylic acids is 2. The fraction of sp³-hybridized carbons (Fsp3) is 0.600. The highest BCUT2D eigenvalue weighted by atomic mass is 16.6. The van der Waals surface area contributed by atoms with Crippen LogP contribution in [0.1, 0.15) is 0 Å². The second-order valence-electron chi connectivity index (χ2n) is 1.87. The summed E-state index contributed by atoms with van der Waals surface area (Å²) in [6, 6.07) is 0. The second kappa shape index (κ2) is 5.19. The molecule has 0 saturated carbocycles. The first-order valence-electron chi connectivity index (χ1n) is 3.05. The van der Waals surface area contributed by atoms with Gasteiger partial charge in [0, 0.05) is 0 Å². The molecular weight excluding hydrogens is 168 g/mol. The maximum Gasteiger partial charge on any atom is 0.404 e. The fourth-order valence-electron chi connectivity index (χ4n) is 0.463. The van der Waals surface area contributed by atoms with E-state index in [2.05, 4.69) is 20.9 Å². The van der Waals surface area contributed by atoms with Crippen LogP contribution in [0.15, 0.2) is 0 Å². The summed E-state index contributed by atoms with van der Waals surface area (Å²) in [5.41, 5.74) is 9.24. The molecule has 0 aromatic carbocycles. The van der Waals surface area contributed by atoms with Crippen LogP contribution in [0, 0.1) is 0 Å². The number of rotatable bonds is 4. The van der Waals surface area contributed by atoms with E-state index in [0.29, 0.717) is 0 Å². The third kappa shape index (κ3) is 5.30. The second-order valence-corrected chi connectivity index (χ2v) is 1.87. The zero-order chi connectivity index (χ0) is 9.56. The Hall–Kier alpha value is -1.50. The molecule has 1 atom stereocenters. The molecule has 5 N–H and O–H groups in total. The average Bonchev–Trinajstić information content (AvgIpc) is 1.97. The maximum absolute atomic E-state index is 10.1. The van der Waals surface area contributed by atoms with Crippen molar-refractivity contribution in [1.82, 2.24) is 0 Å². The van der Waals surface area contributed by atoms with Gasteiger partial charge < -0.3 is 26.0 Å². The fourth-order valence-corrected chi connectivity index (χ4v) is 0.463. The standard InChI is InChI=1S/C5H10N2O5/c6-4(9)11-2-3(1-8)12-5(7)10/h3,8H,1-2H2,(H2,6,9)(H2,7,10)/t3-/m0/s1. The van der Waals surface area contributed by atoms with Gasteiger partial charge in [0.25, 0.3) is 0 Å². The summed E-state index contributed by atoms with van der Waals surface area (Å²) < 4.78 is 8.55. The molecule has 0 aliphatic rings. The van der Waals surface area contributed by atoms with Crippen molar-refractivity contribution in [3.8, 4) is 0 Å². The summed E-state index contributed by atoms with van der Waals surface area (Å²) in [6.07, 6.45) is -3.03. The van der Waals surface area contributed by atoms with E-state index in [9.17, 15) is 9.59 Å². The van der Waals surface area contributed by atoms with E-state index in [4.69, 9.17) is 5.11 Å². The number of hydrogen-bond acceptors (Lipinski definition) is 5. The number of amides is 2. The number of carbonyl (C=O) groups is 2. The zero-order valence-corrected chi connectivity index (χ0v) is 6.23. The van der Waals surface area contributed by atoms with Gasteiger partial charge in [0.15, 0.2) is 6.10 Å². The van der Waals surface area contributed by atoms with Gasteiger partial charge in [-0.3, -0.25) is 0 Å². The molecule has 12 heavy (non-hydrogen) atoms. The summed E-state index contributed by atoms with van der Waals surface area (Å²) in [6.45, 7) is -0.801. The molecule has 0 rings (SSSR count). The molecule has 7 nitrogen and oxygen atoms in total. The number of hydrogen-bond donors (Lipinski definition) is 3. The largest absolute Gasteiger partial charge is 0.446 e. The first-order chi connectivity index (χ1) is 5.56. The Labute approximate surface area is 68.2 Å². The van der Waals surface area contributed by atoms with Gasteiger partial charge in [-0.2, -0.15) is 0 Å². The Morgan fingerprint density at radius 3 is 2.25 bits per heavy atom. The van der Waals surface area contributed by atoms with Crippen LogP contribution in [0.4, 0.5) is 9.59 Å². The van der Waals surface area contributed by atoms with E-state index in [1.54, 1.807) is 0 Å². The Kier molecular flexibility index (Phi) is 4.54. The van der Waals surface area contributed by atoms with E-state index in [1.165, 1.54) is 0 Å². The van der Waals surface area contributed by atoms with E-state index in [-0.39, 0.29) is 6.61 Å². The molecule has 7 heteroatoms. The van der Waals surface area contributed by atoms with Crippen molar-refractivity contribution >= 4 is 12.2 Å². The van der Waals surface area contributed by atoms with Gasteiger partial charge in [0.05, 0.1) is 6.61 Å². The zero-order valence-electron chi connectivity index (χ0n) is 6.23. The van der Waals surface area contributed by atoms with Crippen molar-refractivity contribution in [2.45, 2.75) is 6.10 Å². The third-order valence-electron chi connectivity index (χ3n) is 0.898. The topological polar surface area (TPSA) is 125 Å². The molecule has 0 bridgehead atoms. The first-order valence-corrected chi connectivity index (χ1v) is 3.05. The average molecular weight is 178 g/mol. The lowest BCUT2D eigenvalue weighted by molar-refractivity contribution is 0.0198. The van der Waals surface area contributed by atoms with Crippen LogP contribution in [0.3, 0.4) is 0 Å². The smallest absolute Gasteiger partial charge is 0.404 e. The van der Waals surface area contributed by atoms with Crippen LogP contribution in [0.25, 0.3) is 0 Å². The third-order valence-corrected chi connectivity index (χ3v) is 0.898. The molecule has 0 fully saturated rings. The molecular formula is C5H10N2O5. The molecule has 0 unspecified atom stereocenters. The lowest BCUT2D eigenvalue weighted by Crippen LogP contribution is -2.31. The van der Waals surface area contributed by atoms with Crippen LogP contribution in [0.2, 0.25) is 0 Å². The van der Waals surface area contributed by atoms with Crippen LogP contribution in [-0.2, 0) is 9.47 Å². The van der Waals surface area contributed by atoms with Crippen molar-refractivity contribution in [2.24, 2.45) is 11.5 Å². The lowest BCUT2D eigenvalue weighted by atomic mass is 10.4. The van der Waals surface area contributed by atoms with E-state index < -0.39 is 24.9 Å². The summed E-state index contributed by atoms with van der Waals surface area (Å²) in [4.78, 5) is 20.2. The van der Waals surface area contributed by atoms with Gasteiger partial charge in [0.2, 0.25) is 0 Å². The molecule has 0 saturated heterocycles. The first kappa shape index (κ1) is 10.5. The summed E-state index contributed by atoms with van der Waals surface area (Å²) >= 11 is 0. The Bertz CT molecular complexity index is 171. The minimum absolute atomic E-state index is 0.311. The van der Waals surface area contributed by atoms with Crippen molar-refractivity contribution < 1.29 is 24.2 Å². The minimum atomic E-state index is -1.05. The number of aliphatic hydroxyl groups is 1. The molecule has 0 radical (unpaired) electrons. The summed E-state index contributed by atoms with van der Waals surface area (Å²) in [5.74, 6) is 0. The predicted octanol–water partition coefficient (Wildman–Crippen LogP) is -1.46. The monoisotopic (exact) mass is 178 g/mol. The number of aliphatic hydroxyl groups excluding tert-OH is 1. The molecule has 0 aromatic heterocycles. The van der Waals surface area contributed by atoms with Gasteiger partial charge in [-0.05, 0) is 0 Å². The molecule has 2 amide bonds. The SMILES string of the molecule is NC(=O)OC[C@H](CO)OC(N)=O. The van der Waals surface area contributed by atoms with Crippen molar-refractivity contribution in [2.75, 3.05) is 13.2 Å². The quantitative estimate of drug-likeness (QED) is 0.485. The maximum atomic E-state index is 10.1. The number of nitrogens with two attached hydrogens (primary N) is 2. The molecule has 0 heterocycles. The van der Waals surface area contributed by atoms with Crippen LogP contribution >= 0.6 is 0 Å². The van der Waals surface area contributed by atoms with E-state index >= 15 is 0 Å². The highest BCUT2D eigenvalue weighted by molar-refractivity contribution is 5.65. The Balaban J connectivity index is 3.67. The van der Waals surface area contributed by atoms with Crippen molar-refractivity contribution in [3.05, 3.63) is 0 Å². The van der Waals surface area contributed by atoms with Crippen LogP contribution < -0.4 is 11.5 Å². The van der Waals surface area contributed by atoms with Gasteiger partial charge in [-0.25, -0.2) is 9.59 Å². The predicted molar refractivity (Wildman–Crippen MR) is 37.1 cm³/mol. The van der Waals surface area contributed by atoms with Crippen LogP contribution in [0.5, 0.6) is 0 Å². The van der Waals surface area contributed by atoms with Crippen molar-refractivity contribution in [3.63, 3.8) is 0 Å². The molecule has 0 aliphatic heterocycles. The normalized spacial score (nSPS) is 11.8. The highest BCUT2D eigenvalue weighted by Gasteiger charge is 2.12. The van der Waals surface area contributed by atoms with Gasteiger partial charge in [-0.1, -0.05) is 0 Å². The minimum Gasteiger partial charge on any atom is -0.446 e. The molecule has 70 valence electrons. The van der Waals surface area contributed by atoms with E-state index in [1.807, 2.05) is 0 Å². The number of ether oxygens (including phenoxy) is 2. The van der Waals surface area contributed by atoms with Crippen molar-refractivity contribution in [1.29, 1.82) is 0 Å². The summed E-state index contributed by atoms with van der Waals surface area (Å²) in [5, 5.41) is 8.52. The van der Waals surface area contributed by atoms with Gasteiger partial charge in [-0.15, -0.1) is 0 Å². The van der Waals surface area contributed by atoms with Crippen LogP contribution in [-0.4, -0.2) is 36.6 Å².